The van der Waals surface area contributed by atoms with Crippen molar-refractivity contribution in [3.8, 4) is 6.07 Å². The summed E-state index contributed by atoms with van der Waals surface area (Å²) in [6.45, 7) is 0. The van der Waals surface area contributed by atoms with E-state index in [2.05, 4.69) is 27.3 Å². The summed E-state index contributed by atoms with van der Waals surface area (Å²) in [4.78, 5) is 0. The van der Waals surface area contributed by atoms with Crippen molar-refractivity contribution in [3.05, 3.63) is 57.5 Å². The molecule has 0 spiro atoms. The Morgan fingerprint density at radius 1 is 1.18 bits per heavy atom. The average Bonchev–Trinajstić information content (AvgIpc) is 2.31. The summed E-state index contributed by atoms with van der Waals surface area (Å²) in [5.41, 5.74) is 2.19. The average molecular weight is 308 g/mol. The molecule has 4 heteroatoms. The van der Waals surface area contributed by atoms with Crippen LogP contribution in [0.15, 0.2) is 46.9 Å². The van der Waals surface area contributed by atoms with E-state index < -0.39 is 0 Å². The molecule has 1 N–H and O–H groups in total. The second-order valence-electron chi connectivity index (χ2n) is 3.44. The maximum atomic E-state index is 9.02. The number of nitrogens with one attached hydrogen (secondary N) is 1. The van der Waals surface area contributed by atoms with Crippen molar-refractivity contribution in [3.63, 3.8) is 0 Å². The second-order valence-corrected chi connectivity index (χ2v) is 4.79. The third-order valence-electron chi connectivity index (χ3n) is 2.21. The molecule has 2 aromatic carbocycles. The summed E-state index contributed by atoms with van der Waals surface area (Å²) in [6.07, 6.45) is 0. The number of benzene rings is 2. The van der Waals surface area contributed by atoms with Crippen LogP contribution in [0.4, 0.5) is 11.4 Å². The molecule has 2 aromatic rings. The third-order valence-corrected chi connectivity index (χ3v) is 2.93. The number of nitrogens with zero attached hydrogens (tertiary/aromatic N) is 1. The number of rotatable bonds is 2. The van der Waals surface area contributed by atoms with Gasteiger partial charge in [0.05, 0.1) is 11.3 Å². The lowest BCUT2D eigenvalue weighted by molar-refractivity contribution is 1.46. The predicted molar refractivity (Wildman–Crippen MR) is 73.6 cm³/mol. The molecule has 84 valence electrons. The fraction of sp³-hybridized carbons (Fsp3) is 0. The van der Waals surface area contributed by atoms with Gasteiger partial charge in [-0.2, -0.15) is 5.26 Å². The zero-order chi connectivity index (χ0) is 12.3. The Morgan fingerprint density at radius 3 is 2.71 bits per heavy atom. The fourth-order valence-electron chi connectivity index (χ4n) is 1.44. The smallest absolute Gasteiger partial charge is 0.101 e. The van der Waals surface area contributed by atoms with Crippen molar-refractivity contribution < 1.29 is 0 Å². The Bertz CT molecular complexity index is 590. The van der Waals surface area contributed by atoms with Gasteiger partial charge in [0.15, 0.2) is 0 Å². The quantitative estimate of drug-likeness (QED) is 0.871. The van der Waals surface area contributed by atoms with Crippen LogP contribution in [0, 0.1) is 11.3 Å². The summed E-state index contributed by atoms with van der Waals surface area (Å²) in [7, 11) is 0. The zero-order valence-electron chi connectivity index (χ0n) is 8.74. The summed E-state index contributed by atoms with van der Waals surface area (Å²) in [6, 6.07) is 15.0. The molecule has 0 bridgehead atoms. The van der Waals surface area contributed by atoms with Gasteiger partial charge < -0.3 is 5.32 Å². The maximum absolute atomic E-state index is 9.02. The highest BCUT2D eigenvalue weighted by Gasteiger charge is 2.03. The lowest BCUT2D eigenvalue weighted by atomic mass is 10.2. The molecule has 0 aliphatic rings. The van der Waals surface area contributed by atoms with E-state index in [1.807, 2.05) is 24.3 Å². The Hall–Kier alpha value is -1.50. The molecule has 0 saturated heterocycles. The molecule has 17 heavy (non-hydrogen) atoms. The maximum Gasteiger partial charge on any atom is 0.101 e. The first-order valence-electron chi connectivity index (χ1n) is 4.91. The van der Waals surface area contributed by atoms with Gasteiger partial charge in [-0.15, -0.1) is 0 Å². The van der Waals surface area contributed by atoms with Gasteiger partial charge in [-0.05, 0) is 36.4 Å². The molecule has 0 radical (unpaired) electrons. The molecule has 0 unspecified atom stereocenters. The van der Waals surface area contributed by atoms with Crippen molar-refractivity contribution in [1.82, 2.24) is 0 Å². The minimum atomic E-state index is 0.525. The molecule has 0 aromatic heterocycles. The van der Waals surface area contributed by atoms with Gasteiger partial charge in [-0.25, -0.2) is 0 Å². The van der Waals surface area contributed by atoms with Crippen molar-refractivity contribution in [2.75, 3.05) is 5.32 Å². The number of halogens is 2. The van der Waals surface area contributed by atoms with Crippen LogP contribution in [0.2, 0.25) is 5.02 Å². The number of hydrogen-bond acceptors (Lipinski definition) is 2. The second kappa shape index (κ2) is 5.22. The van der Waals surface area contributed by atoms with Crippen molar-refractivity contribution >= 4 is 38.9 Å². The van der Waals surface area contributed by atoms with Crippen LogP contribution in [-0.2, 0) is 0 Å². The fourth-order valence-corrected chi connectivity index (χ4v) is 2.01. The Kier molecular flexibility index (Phi) is 3.68. The molecule has 0 saturated carbocycles. The first kappa shape index (κ1) is 12.0. The number of hydrogen-bond donors (Lipinski definition) is 1. The zero-order valence-corrected chi connectivity index (χ0v) is 11.1. The molecule has 0 heterocycles. The summed E-state index contributed by atoms with van der Waals surface area (Å²) in [5, 5.41) is 12.8. The number of nitriles is 1. The van der Waals surface area contributed by atoms with E-state index in [0.717, 1.165) is 15.8 Å². The Labute approximate surface area is 113 Å². The molecule has 2 rings (SSSR count). The minimum Gasteiger partial charge on any atom is -0.354 e. The molecule has 2 nitrogen and oxygen atoms in total. The molecule has 0 atom stereocenters. The largest absolute Gasteiger partial charge is 0.354 e. The topological polar surface area (TPSA) is 35.8 Å². The van der Waals surface area contributed by atoms with E-state index in [9.17, 15) is 0 Å². The van der Waals surface area contributed by atoms with E-state index in [0.29, 0.717) is 10.6 Å². The van der Waals surface area contributed by atoms with Gasteiger partial charge in [-0.3, -0.25) is 0 Å². The summed E-state index contributed by atoms with van der Waals surface area (Å²) >= 11 is 9.23. The number of anilines is 2. The highest BCUT2D eigenvalue weighted by molar-refractivity contribution is 9.10. The van der Waals surface area contributed by atoms with Crippen LogP contribution in [0.1, 0.15) is 5.56 Å². The van der Waals surface area contributed by atoms with Crippen LogP contribution in [0.3, 0.4) is 0 Å². The van der Waals surface area contributed by atoms with Crippen LogP contribution < -0.4 is 5.32 Å². The standard InChI is InChI=1S/C13H8BrClN2/c14-10-2-1-3-12(7-10)17-13-5-4-11(15)6-9(13)8-16/h1-7,17H. The first-order valence-corrected chi connectivity index (χ1v) is 6.08. The molecular formula is C13H8BrClN2. The van der Waals surface area contributed by atoms with Gasteiger partial charge in [0.1, 0.15) is 6.07 Å². The van der Waals surface area contributed by atoms with Gasteiger partial charge >= 0.3 is 0 Å². The molecular weight excluding hydrogens is 300 g/mol. The van der Waals surface area contributed by atoms with Crippen LogP contribution >= 0.6 is 27.5 Å². The van der Waals surface area contributed by atoms with Crippen LogP contribution in [-0.4, -0.2) is 0 Å². The summed E-state index contributed by atoms with van der Waals surface area (Å²) in [5.74, 6) is 0. The van der Waals surface area contributed by atoms with E-state index in [1.54, 1.807) is 18.2 Å². The minimum absolute atomic E-state index is 0.525. The van der Waals surface area contributed by atoms with Gasteiger partial charge in [0.25, 0.3) is 0 Å². The molecule has 0 aliphatic carbocycles. The van der Waals surface area contributed by atoms with Crippen LogP contribution in [0.5, 0.6) is 0 Å². The Morgan fingerprint density at radius 2 is 2.00 bits per heavy atom. The van der Waals surface area contributed by atoms with E-state index >= 15 is 0 Å². The van der Waals surface area contributed by atoms with E-state index in [1.165, 1.54) is 0 Å². The van der Waals surface area contributed by atoms with Crippen molar-refractivity contribution in [2.45, 2.75) is 0 Å². The van der Waals surface area contributed by atoms with E-state index in [-0.39, 0.29) is 0 Å². The van der Waals surface area contributed by atoms with E-state index in [4.69, 9.17) is 16.9 Å². The normalized spacial score (nSPS) is 9.71. The van der Waals surface area contributed by atoms with Gasteiger partial charge in [0.2, 0.25) is 0 Å². The van der Waals surface area contributed by atoms with Crippen LogP contribution in [0.25, 0.3) is 0 Å². The van der Waals surface area contributed by atoms with Gasteiger partial charge in [0, 0.05) is 15.2 Å². The van der Waals surface area contributed by atoms with Gasteiger partial charge in [-0.1, -0.05) is 33.6 Å². The molecule has 0 aliphatic heterocycles. The summed E-state index contributed by atoms with van der Waals surface area (Å²) < 4.78 is 0.981. The molecule has 0 amide bonds. The van der Waals surface area contributed by atoms with Crippen molar-refractivity contribution in [2.24, 2.45) is 0 Å². The highest BCUT2D eigenvalue weighted by atomic mass is 79.9. The predicted octanol–water partition coefficient (Wildman–Crippen LogP) is 4.72. The van der Waals surface area contributed by atoms with Crippen molar-refractivity contribution in [1.29, 1.82) is 5.26 Å². The first-order chi connectivity index (χ1) is 8.19. The lowest BCUT2D eigenvalue weighted by Crippen LogP contribution is -1.93. The SMILES string of the molecule is N#Cc1cc(Cl)ccc1Nc1cccc(Br)c1. The monoisotopic (exact) mass is 306 g/mol. The third kappa shape index (κ3) is 3.00. The lowest BCUT2D eigenvalue weighted by Gasteiger charge is -2.08. The highest BCUT2D eigenvalue weighted by Crippen LogP contribution is 2.25. The molecule has 0 fully saturated rings. The Balaban J connectivity index is 2.34.